The lowest BCUT2D eigenvalue weighted by Gasteiger charge is -2.27. The zero-order valence-electron chi connectivity index (χ0n) is 23.7. The number of aromatic nitrogens is 2. The van der Waals surface area contributed by atoms with Crippen LogP contribution in [0.3, 0.4) is 0 Å². The summed E-state index contributed by atoms with van der Waals surface area (Å²) in [5, 5.41) is 19.4. The zero-order chi connectivity index (χ0) is 28.2. The number of aliphatic hydroxyl groups is 1. The van der Waals surface area contributed by atoms with Gasteiger partial charge in [-0.3, -0.25) is 4.79 Å². The molecule has 2 aromatic heterocycles. The number of hydrogen-bond acceptors (Lipinski definition) is 6. The van der Waals surface area contributed by atoms with E-state index in [2.05, 4.69) is 29.2 Å². The predicted octanol–water partition coefficient (Wildman–Crippen LogP) is 5.52. The van der Waals surface area contributed by atoms with Gasteiger partial charge in [0.15, 0.2) is 0 Å². The van der Waals surface area contributed by atoms with Gasteiger partial charge in [-0.15, -0.1) is 0 Å². The molecule has 2 N–H and O–H groups in total. The number of aryl methyl sites for hydroxylation is 2. The first kappa shape index (κ1) is 26.8. The SMILES string of the molecule is Cc1nc(OCCC(C)(C)O)ccc1C1CCCc2ccc(COc3cc4c(cn3)C3(C)C(C4)C3C(=O)O)cc21. The molecule has 7 heteroatoms. The molecule has 40 heavy (non-hydrogen) atoms. The van der Waals surface area contributed by atoms with Crippen molar-refractivity contribution in [3.63, 3.8) is 0 Å². The van der Waals surface area contributed by atoms with E-state index in [0.717, 1.165) is 48.1 Å². The number of carboxylic acids is 1. The number of rotatable bonds is 9. The maximum absolute atomic E-state index is 11.6. The fourth-order valence-electron chi connectivity index (χ4n) is 6.99. The van der Waals surface area contributed by atoms with Crippen LogP contribution in [0.1, 0.15) is 85.0 Å². The van der Waals surface area contributed by atoms with E-state index in [1.807, 2.05) is 32.2 Å². The molecular weight excluding hydrogens is 504 g/mol. The number of carbonyl (C=O) groups is 1. The maximum Gasteiger partial charge on any atom is 0.307 e. The first-order valence-electron chi connectivity index (χ1n) is 14.3. The van der Waals surface area contributed by atoms with E-state index >= 15 is 0 Å². The van der Waals surface area contributed by atoms with E-state index in [1.165, 1.54) is 16.7 Å². The summed E-state index contributed by atoms with van der Waals surface area (Å²) >= 11 is 0. The Bertz CT molecular complexity index is 1460. The molecule has 4 unspecified atom stereocenters. The lowest BCUT2D eigenvalue weighted by molar-refractivity contribution is -0.139. The predicted molar refractivity (Wildman–Crippen MR) is 151 cm³/mol. The summed E-state index contributed by atoms with van der Waals surface area (Å²) in [5.41, 5.74) is 7.19. The Balaban J connectivity index is 1.15. The Labute approximate surface area is 235 Å². The summed E-state index contributed by atoms with van der Waals surface area (Å²) in [4.78, 5) is 20.8. The van der Waals surface area contributed by atoms with Gasteiger partial charge in [0.1, 0.15) is 6.61 Å². The van der Waals surface area contributed by atoms with Crippen LogP contribution in [0.4, 0.5) is 0 Å². The van der Waals surface area contributed by atoms with Crippen molar-refractivity contribution in [2.24, 2.45) is 11.8 Å². The van der Waals surface area contributed by atoms with Crippen molar-refractivity contribution < 1.29 is 24.5 Å². The summed E-state index contributed by atoms with van der Waals surface area (Å²) in [6, 6.07) is 12.7. The van der Waals surface area contributed by atoms with E-state index in [0.29, 0.717) is 31.4 Å². The van der Waals surface area contributed by atoms with Crippen LogP contribution in [0.25, 0.3) is 0 Å². The molecule has 0 bridgehead atoms. The van der Waals surface area contributed by atoms with E-state index in [9.17, 15) is 15.0 Å². The van der Waals surface area contributed by atoms with Crippen LogP contribution in [-0.2, 0) is 29.7 Å². The number of ether oxygens (including phenoxy) is 2. The quantitative estimate of drug-likeness (QED) is 0.367. The molecule has 210 valence electrons. The molecule has 0 saturated heterocycles. The third kappa shape index (κ3) is 4.85. The van der Waals surface area contributed by atoms with Crippen molar-refractivity contribution >= 4 is 5.97 Å². The van der Waals surface area contributed by atoms with Crippen molar-refractivity contribution in [2.45, 2.75) is 83.3 Å². The number of carboxylic acid groups (broad SMARTS) is 1. The summed E-state index contributed by atoms with van der Waals surface area (Å²) < 4.78 is 11.9. The number of benzene rings is 1. The molecule has 7 nitrogen and oxygen atoms in total. The average molecular weight is 543 g/mol. The largest absolute Gasteiger partial charge is 0.481 e. The van der Waals surface area contributed by atoms with Gasteiger partial charge in [-0.25, -0.2) is 9.97 Å². The van der Waals surface area contributed by atoms with E-state index < -0.39 is 11.6 Å². The number of fused-ring (bicyclic) bond motifs is 4. The molecule has 3 aliphatic carbocycles. The second kappa shape index (κ2) is 9.88. The third-order valence-electron chi connectivity index (χ3n) is 9.31. The van der Waals surface area contributed by atoms with Gasteiger partial charge in [-0.1, -0.05) is 31.2 Å². The normalized spacial score (nSPS) is 24.6. The Morgan fingerprint density at radius 1 is 1.10 bits per heavy atom. The summed E-state index contributed by atoms with van der Waals surface area (Å²) in [6.45, 7) is 8.49. The molecule has 0 aliphatic heterocycles. The van der Waals surface area contributed by atoms with E-state index in [-0.39, 0.29) is 23.2 Å². The minimum atomic E-state index is -0.761. The van der Waals surface area contributed by atoms with Crippen LogP contribution in [-0.4, -0.2) is 38.4 Å². The lowest BCUT2D eigenvalue weighted by Crippen LogP contribution is -2.22. The highest BCUT2D eigenvalue weighted by molar-refractivity contribution is 5.79. The van der Waals surface area contributed by atoms with Gasteiger partial charge in [0.2, 0.25) is 11.8 Å². The summed E-state index contributed by atoms with van der Waals surface area (Å²) in [5.74, 6) is 0.621. The highest BCUT2D eigenvalue weighted by Gasteiger charge is 2.69. The molecule has 0 spiro atoms. The Hall–Kier alpha value is -3.45. The Morgan fingerprint density at radius 3 is 2.67 bits per heavy atom. The topological polar surface area (TPSA) is 102 Å². The fourth-order valence-corrected chi connectivity index (χ4v) is 6.99. The van der Waals surface area contributed by atoms with Crippen molar-refractivity contribution in [1.82, 2.24) is 9.97 Å². The van der Waals surface area contributed by atoms with Gasteiger partial charge in [0.25, 0.3) is 0 Å². The molecule has 1 fully saturated rings. The maximum atomic E-state index is 11.6. The Kier molecular flexibility index (Phi) is 6.61. The highest BCUT2D eigenvalue weighted by Crippen LogP contribution is 2.66. The molecule has 0 radical (unpaired) electrons. The highest BCUT2D eigenvalue weighted by atomic mass is 16.5. The van der Waals surface area contributed by atoms with Crippen molar-refractivity contribution in [1.29, 1.82) is 0 Å². The first-order valence-corrected chi connectivity index (χ1v) is 14.3. The molecule has 6 rings (SSSR count). The van der Waals surface area contributed by atoms with Gasteiger partial charge in [-0.05, 0) is 85.8 Å². The fraction of sp³-hybridized carbons (Fsp3) is 0.485. The molecule has 0 amide bonds. The van der Waals surface area contributed by atoms with Crippen molar-refractivity contribution in [2.75, 3.05) is 6.61 Å². The van der Waals surface area contributed by atoms with Crippen molar-refractivity contribution in [3.8, 4) is 11.8 Å². The van der Waals surface area contributed by atoms with Gasteiger partial charge >= 0.3 is 5.97 Å². The van der Waals surface area contributed by atoms with E-state index in [4.69, 9.17) is 14.5 Å². The minimum Gasteiger partial charge on any atom is -0.481 e. The second-order valence-electron chi connectivity index (χ2n) is 12.6. The molecule has 3 aromatic rings. The zero-order valence-corrected chi connectivity index (χ0v) is 23.7. The summed E-state index contributed by atoms with van der Waals surface area (Å²) in [6.07, 6.45) is 6.42. The molecular formula is C33H38N2O5. The first-order chi connectivity index (χ1) is 19.0. The van der Waals surface area contributed by atoms with Crippen LogP contribution < -0.4 is 9.47 Å². The Morgan fingerprint density at radius 2 is 1.93 bits per heavy atom. The third-order valence-corrected chi connectivity index (χ3v) is 9.31. The number of hydrogen-bond donors (Lipinski definition) is 2. The van der Waals surface area contributed by atoms with Gasteiger partial charge in [0.05, 0.1) is 18.1 Å². The second-order valence-corrected chi connectivity index (χ2v) is 12.6. The van der Waals surface area contributed by atoms with Crippen LogP contribution in [0.2, 0.25) is 0 Å². The molecule has 4 atom stereocenters. The standard InChI is InChI=1S/C33H38N2O5/c1-19-23(10-11-28(35-19)39-13-12-32(2,3)38)24-7-5-6-21-9-8-20(14-25(21)24)18-40-29-16-22-15-26-30(31(36)37)33(26,4)27(22)17-34-29/h8-11,14,16-17,24,26,30,38H,5-7,12-13,15,18H2,1-4H3,(H,36,37). The van der Waals surface area contributed by atoms with Gasteiger partial charge in [0, 0.05) is 41.8 Å². The molecule has 1 aromatic carbocycles. The molecule has 3 aliphatic rings. The molecule has 2 heterocycles. The lowest BCUT2D eigenvalue weighted by atomic mass is 9.78. The number of nitrogens with zero attached hydrogens (tertiary/aromatic N) is 2. The van der Waals surface area contributed by atoms with Crippen LogP contribution in [0.5, 0.6) is 11.8 Å². The minimum absolute atomic E-state index is 0.167. The van der Waals surface area contributed by atoms with Crippen LogP contribution >= 0.6 is 0 Å². The van der Waals surface area contributed by atoms with Crippen LogP contribution in [0, 0.1) is 18.8 Å². The number of aliphatic carboxylic acids is 1. The van der Waals surface area contributed by atoms with Crippen LogP contribution in [0.15, 0.2) is 42.6 Å². The smallest absolute Gasteiger partial charge is 0.307 e. The summed E-state index contributed by atoms with van der Waals surface area (Å²) in [7, 11) is 0. The van der Waals surface area contributed by atoms with Gasteiger partial charge < -0.3 is 19.7 Å². The van der Waals surface area contributed by atoms with E-state index in [1.54, 1.807) is 13.8 Å². The average Bonchev–Trinajstić information content (AvgIpc) is 3.39. The monoisotopic (exact) mass is 542 g/mol. The molecule has 1 saturated carbocycles. The van der Waals surface area contributed by atoms with Gasteiger partial charge in [-0.2, -0.15) is 0 Å². The number of pyridine rings is 2. The van der Waals surface area contributed by atoms with Crippen molar-refractivity contribution in [3.05, 3.63) is 81.7 Å².